The Balaban J connectivity index is 2.70. The van der Waals surface area contributed by atoms with E-state index in [1.54, 1.807) is 0 Å². The van der Waals surface area contributed by atoms with E-state index in [1.807, 2.05) is 24.4 Å². The molecule has 3 nitrogen and oxygen atoms in total. The quantitative estimate of drug-likeness (QED) is 0.539. The van der Waals surface area contributed by atoms with Gasteiger partial charge in [0.05, 0.1) is 10.9 Å². The Morgan fingerprint density at radius 3 is 2.93 bits per heavy atom. The maximum absolute atomic E-state index is 5.18. The third kappa shape index (κ3) is 0.914. The molecule has 0 aliphatic carbocycles. The average Bonchev–Trinajstić information content (AvgIpc) is 2.59. The van der Waals surface area contributed by atoms with Gasteiger partial charge in [0, 0.05) is 10.9 Å². The number of aromatic amines is 3. The molecule has 3 N–H and O–H groups in total. The third-order valence-electron chi connectivity index (χ3n) is 2.38. The zero-order chi connectivity index (χ0) is 9.54. The van der Waals surface area contributed by atoms with Gasteiger partial charge in [-0.2, -0.15) is 5.10 Å². The minimum atomic E-state index is 0.707. The zero-order valence-electron chi connectivity index (χ0n) is 7.29. The lowest BCUT2D eigenvalue weighted by molar-refractivity contribution is -0.454. The van der Waals surface area contributed by atoms with E-state index in [9.17, 15) is 0 Å². The molecule has 0 fully saturated rings. The fourth-order valence-corrected chi connectivity index (χ4v) is 1.95. The van der Waals surface area contributed by atoms with Gasteiger partial charge in [0.15, 0.2) is 4.64 Å². The van der Waals surface area contributed by atoms with Crippen molar-refractivity contribution in [3.8, 4) is 0 Å². The Morgan fingerprint density at radius 1 is 1.14 bits per heavy atom. The minimum absolute atomic E-state index is 0.707. The molecule has 4 heteroatoms. The standard InChI is InChI=1S/C10H7N3S/c14-10-9-7(5-11-13-10)6-3-1-2-4-8(6)12-9/h1-5,12H,(H,13,14)/p+1. The molecule has 0 saturated heterocycles. The molecular weight excluding hydrogens is 194 g/mol. The molecule has 3 aromatic rings. The summed E-state index contributed by atoms with van der Waals surface area (Å²) in [4.78, 5) is 3.29. The average molecular weight is 202 g/mol. The molecule has 14 heavy (non-hydrogen) atoms. The van der Waals surface area contributed by atoms with E-state index in [0.29, 0.717) is 4.64 Å². The number of para-hydroxylation sites is 1. The van der Waals surface area contributed by atoms with Crippen LogP contribution in [0, 0.1) is 4.64 Å². The van der Waals surface area contributed by atoms with Crippen LogP contribution in [0.15, 0.2) is 30.5 Å². The molecule has 2 aromatic heterocycles. The summed E-state index contributed by atoms with van der Waals surface area (Å²) in [7, 11) is 0. The van der Waals surface area contributed by atoms with E-state index < -0.39 is 0 Å². The summed E-state index contributed by atoms with van der Waals surface area (Å²) < 4.78 is 0.707. The lowest BCUT2D eigenvalue weighted by atomic mass is 10.2. The molecule has 1 aromatic carbocycles. The molecule has 0 bridgehead atoms. The highest BCUT2D eigenvalue weighted by Crippen LogP contribution is 2.23. The summed E-state index contributed by atoms with van der Waals surface area (Å²) in [5, 5.41) is 8.15. The number of fused-ring (bicyclic) bond motifs is 3. The largest absolute Gasteiger partial charge is 0.352 e. The van der Waals surface area contributed by atoms with Crippen LogP contribution in [0.4, 0.5) is 0 Å². The molecule has 3 rings (SSSR count). The molecular formula is C10H8N3S+. The molecule has 0 amide bonds. The minimum Gasteiger partial charge on any atom is -0.352 e. The van der Waals surface area contributed by atoms with E-state index in [1.165, 1.54) is 5.39 Å². The second-order valence-corrected chi connectivity index (χ2v) is 3.61. The predicted octanol–water partition coefficient (Wildman–Crippen LogP) is 2.19. The first kappa shape index (κ1) is 7.70. The van der Waals surface area contributed by atoms with Gasteiger partial charge >= 0.3 is 0 Å². The van der Waals surface area contributed by atoms with Gasteiger partial charge in [0.2, 0.25) is 6.20 Å². The van der Waals surface area contributed by atoms with Crippen molar-refractivity contribution in [2.24, 2.45) is 0 Å². The number of rotatable bonds is 0. The summed E-state index contributed by atoms with van der Waals surface area (Å²) in [5.74, 6) is 0. The molecule has 0 atom stereocenters. The Bertz CT molecular complexity index is 665. The van der Waals surface area contributed by atoms with Crippen molar-refractivity contribution in [2.75, 3.05) is 0 Å². The summed E-state index contributed by atoms with van der Waals surface area (Å²) in [6.45, 7) is 0. The second-order valence-electron chi connectivity index (χ2n) is 3.20. The number of hydrogen-bond donors (Lipinski definition) is 2. The normalized spacial score (nSPS) is 11.1. The Labute approximate surface area is 84.8 Å². The van der Waals surface area contributed by atoms with Crippen LogP contribution in [0.3, 0.4) is 0 Å². The molecule has 2 heterocycles. The number of hydrogen-bond acceptors (Lipinski definition) is 1. The summed E-state index contributed by atoms with van der Waals surface area (Å²) in [6.07, 6.45) is 1.92. The van der Waals surface area contributed by atoms with E-state index in [4.69, 9.17) is 12.2 Å². The number of benzene rings is 1. The maximum Gasteiger partial charge on any atom is 0.201 e. The third-order valence-corrected chi connectivity index (χ3v) is 2.68. The Hall–Kier alpha value is -1.68. The van der Waals surface area contributed by atoms with Gasteiger partial charge in [-0.05, 0) is 6.07 Å². The van der Waals surface area contributed by atoms with Gasteiger partial charge in [0.1, 0.15) is 0 Å². The molecule has 0 unspecified atom stereocenters. The van der Waals surface area contributed by atoms with E-state index in [0.717, 1.165) is 16.4 Å². The van der Waals surface area contributed by atoms with Crippen LogP contribution in [0.2, 0.25) is 0 Å². The lowest BCUT2D eigenvalue weighted by Crippen LogP contribution is -2.05. The second kappa shape index (κ2) is 2.65. The van der Waals surface area contributed by atoms with Crippen LogP contribution in [-0.4, -0.2) is 10.1 Å². The van der Waals surface area contributed by atoms with Crippen molar-refractivity contribution in [3.63, 3.8) is 0 Å². The van der Waals surface area contributed by atoms with Gasteiger partial charge in [-0.3, -0.25) is 0 Å². The highest BCUT2D eigenvalue weighted by atomic mass is 32.1. The smallest absolute Gasteiger partial charge is 0.201 e. The topological polar surface area (TPSA) is 45.7 Å². The molecule has 0 aliphatic rings. The van der Waals surface area contributed by atoms with Crippen molar-refractivity contribution in [2.45, 2.75) is 0 Å². The lowest BCUT2D eigenvalue weighted by Gasteiger charge is -1.85. The van der Waals surface area contributed by atoms with Gasteiger partial charge in [-0.1, -0.05) is 30.4 Å². The predicted molar refractivity (Wildman–Crippen MR) is 57.5 cm³/mol. The first-order valence-corrected chi connectivity index (χ1v) is 4.77. The first-order valence-electron chi connectivity index (χ1n) is 4.36. The molecule has 0 radical (unpaired) electrons. The van der Waals surface area contributed by atoms with Gasteiger partial charge in [0.25, 0.3) is 0 Å². The van der Waals surface area contributed by atoms with Crippen LogP contribution >= 0.6 is 12.2 Å². The van der Waals surface area contributed by atoms with Crippen molar-refractivity contribution in [1.82, 2.24) is 10.1 Å². The fraction of sp³-hybridized carbons (Fsp3) is 0. The van der Waals surface area contributed by atoms with Crippen molar-refractivity contribution in [1.29, 1.82) is 0 Å². The zero-order valence-corrected chi connectivity index (χ0v) is 8.11. The van der Waals surface area contributed by atoms with E-state index in [-0.39, 0.29) is 0 Å². The Morgan fingerprint density at radius 2 is 2.00 bits per heavy atom. The Kier molecular flexibility index (Phi) is 1.46. The SMILES string of the molecule is S=c1[nH][nH+]cc2c1[nH]c1ccccc12. The first-order chi connectivity index (χ1) is 6.86. The highest BCUT2D eigenvalue weighted by Gasteiger charge is 2.06. The maximum atomic E-state index is 5.18. The highest BCUT2D eigenvalue weighted by molar-refractivity contribution is 7.71. The molecule has 0 saturated carbocycles. The summed E-state index contributed by atoms with van der Waals surface area (Å²) >= 11 is 5.18. The molecule has 0 aliphatic heterocycles. The summed E-state index contributed by atoms with van der Waals surface area (Å²) in [5.41, 5.74) is 2.10. The van der Waals surface area contributed by atoms with Crippen molar-refractivity contribution in [3.05, 3.63) is 35.1 Å². The van der Waals surface area contributed by atoms with Gasteiger partial charge in [-0.25, -0.2) is 0 Å². The van der Waals surface area contributed by atoms with Crippen LogP contribution in [-0.2, 0) is 0 Å². The van der Waals surface area contributed by atoms with Gasteiger partial charge in [-0.15, -0.1) is 5.10 Å². The fourth-order valence-electron chi connectivity index (χ4n) is 1.73. The number of H-pyrrole nitrogens is 3. The van der Waals surface area contributed by atoms with Crippen molar-refractivity contribution < 1.29 is 5.10 Å². The number of aromatic nitrogens is 3. The van der Waals surface area contributed by atoms with Crippen LogP contribution in [0.5, 0.6) is 0 Å². The van der Waals surface area contributed by atoms with E-state index >= 15 is 0 Å². The van der Waals surface area contributed by atoms with Crippen LogP contribution in [0.25, 0.3) is 21.8 Å². The van der Waals surface area contributed by atoms with Crippen LogP contribution in [0.1, 0.15) is 0 Å². The molecule has 0 spiro atoms. The summed E-state index contributed by atoms with van der Waals surface area (Å²) in [6, 6.07) is 8.16. The van der Waals surface area contributed by atoms with Gasteiger partial charge < -0.3 is 4.98 Å². The monoisotopic (exact) mass is 202 g/mol. The van der Waals surface area contributed by atoms with Crippen LogP contribution < -0.4 is 5.10 Å². The number of nitrogens with one attached hydrogen (secondary N) is 3. The molecule has 68 valence electrons. The van der Waals surface area contributed by atoms with Crippen molar-refractivity contribution >= 4 is 34.0 Å². The van der Waals surface area contributed by atoms with E-state index in [2.05, 4.69) is 21.2 Å².